The Balaban J connectivity index is 2.18. The summed E-state index contributed by atoms with van der Waals surface area (Å²) in [5, 5.41) is 0. The maximum atomic E-state index is 13.4. The highest BCUT2D eigenvalue weighted by Crippen LogP contribution is 2.35. The Morgan fingerprint density at radius 2 is 1.68 bits per heavy atom. The Morgan fingerprint density at radius 3 is 2.35 bits per heavy atom. The number of hydrogen-bond acceptors (Lipinski definition) is 10. The van der Waals surface area contributed by atoms with Crippen molar-refractivity contribution in [2.24, 2.45) is 5.92 Å². The van der Waals surface area contributed by atoms with Crippen LogP contribution in [0.15, 0.2) is 30.4 Å². The van der Waals surface area contributed by atoms with E-state index in [0.29, 0.717) is 11.3 Å². The van der Waals surface area contributed by atoms with E-state index in [4.69, 9.17) is 37.9 Å². The molecule has 0 amide bonds. The molecule has 0 spiro atoms. The fraction of sp³-hybridized carbons (Fsp3) is 0.556. The molecule has 2 aliphatic rings. The summed E-state index contributed by atoms with van der Waals surface area (Å²) in [6, 6.07) is 3.27. The number of carbonyl (C=O) groups excluding carboxylic acids is 2. The number of benzene rings is 1. The molecule has 204 valence electrons. The van der Waals surface area contributed by atoms with Crippen molar-refractivity contribution in [3.05, 3.63) is 41.5 Å². The van der Waals surface area contributed by atoms with Crippen LogP contribution in [0.5, 0.6) is 11.5 Å². The third kappa shape index (κ3) is 7.18. The van der Waals surface area contributed by atoms with Crippen molar-refractivity contribution in [3.63, 3.8) is 0 Å². The maximum absolute atomic E-state index is 13.4. The number of ketones is 1. The summed E-state index contributed by atoms with van der Waals surface area (Å²) in [5.74, 6) is -1.48. The Kier molecular flexibility index (Phi) is 9.86. The minimum absolute atomic E-state index is 0.0597. The summed E-state index contributed by atoms with van der Waals surface area (Å²) >= 11 is 0. The zero-order chi connectivity index (χ0) is 27.2. The molecule has 3 rings (SSSR count). The summed E-state index contributed by atoms with van der Waals surface area (Å²) in [7, 11) is 4.48. The largest absolute Gasteiger partial charge is 0.497 e. The van der Waals surface area contributed by atoms with Crippen LogP contribution in [0, 0.1) is 5.92 Å². The SMILES string of the molecule is COCOc1cc(OC)cc2c1C(=O)O[C@@H](C)[C@H](C)/C=C\C(=O)[C@H]1OC(C)(C)O[C@H]1C(OCOC)/C=C/2. The molecular weight excluding hydrogens is 484 g/mol. The number of carbonyl (C=O) groups is 2. The molecule has 10 nitrogen and oxygen atoms in total. The second-order valence-electron chi connectivity index (χ2n) is 9.29. The molecule has 0 bridgehead atoms. The summed E-state index contributed by atoms with van der Waals surface area (Å²) < 4.78 is 45.0. The Labute approximate surface area is 217 Å². The zero-order valence-corrected chi connectivity index (χ0v) is 22.3. The predicted molar refractivity (Wildman–Crippen MR) is 133 cm³/mol. The van der Waals surface area contributed by atoms with Crippen molar-refractivity contribution in [1.82, 2.24) is 0 Å². The van der Waals surface area contributed by atoms with E-state index in [1.54, 1.807) is 51.1 Å². The standard InChI is InChI=1S/C27H36O10/c1-16-8-10-20(28)24-25(37-27(3,4)36-24)21(33-14-30-5)11-9-18-12-19(32-7)13-22(34-15-31-6)23(18)26(29)35-17(16)2/h8-13,16-17,21,24-25H,14-15H2,1-7H3/b10-8-,11-9+/t16-,17+,21?,24-,25+/m1/s1. The van der Waals surface area contributed by atoms with E-state index in [-0.39, 0.29) is 36.6 Å². The van der Waals surface area contributed by atoms with Crippen LogP contribution in [0.2, 0.25) is 0 Å². The number of ether oxygens (including phenoxy) is 8. The minimum Gasteiger partial charge on any atom is -0.497 e. The van der Waals surface area contributed by atoms with Gasteiger partial charge >= 0.3 is 5.97 Å². The number of esters is 1. The van der Waals surface area contributed by atoms with Crippen molar-refractivity contribution in [1.29, 1.82) is 0 Å². The van der Waals surface area contributed by atoms with Crippen LogP contribution in [0.1, 0.15) is 43.6 Å². The monoisotopic (exact) mass is 520 g/mol. The molecule has 0 aromatic heterocycles. The van der Waals surface area contributed by atoms with Crippen LogP contribution >= 0.6 is 0 Å². The third-order valence-electron chi connectivity index (χ3n) is 6.05. The first-order chi connectivity index (χ1) is 17.6. The predicted octanol–water partition coefficient (Wildman–Crippen LogP) is 3.52. The van der Waals surface area contributed by atoms with Gasteiger partial charge < -0.3 is 37.9 Å². The van der Waals surface area contributed by atoms with Crippen molar-refractivity contribution < 1.29 is 47.5 Å². The van der Waals surface area contributed by atoms with Crippen LogP contribution in [-0.2, 0) is 33.2 Å². The molecule has 0 N–H and O–H groups in total. The molecule has 0 radical (unpaired) electrons. The summed E-state index contributed by atoms with van der Waals surface area (Å²) in [6.07, 6.45) is 3.48. The van der Waals surface area contributed by atoms with E-state index < -0.39 is 36.2 Å². The van der Waals surface area contributed by atoms with E-state index in [2.05, 4.69) is 0 Å². The Bertz CT molecular complexity index is 1010. The van der Waals surface area contributed by atoms with Gasteiger partial charge in [0, 0.05) is 26.2 Å². The van der Waals surface area contributed by atoms with Crippen LogP contribution in [0.25, 0.3) is 6.08 Å². The summed E-state index contributed by atoms with van der Waals surface area (Å²) in [4.78, 5) is 26.6. The van der Waals surface area contributed by atoms with Gasteiger partial charge in [-0.05, 0) is 38.5 Å². The second kappa shape index (κ2) is 12.7. The van der Waals surface area contributed by atoms with E-state index in [1.165, 1.54) is 27.4 Å². The van der Waals surface area contributed by atoms with Crippen molar-refractivity contribution >= 4 is 17.8 Å². The summed E-state index contributed by atoms with van der Waals surface area (Å²) in [5.41, 5.74) is 0.645. The average molecular weight is 521 g/mol. The van der Waals surface area contributed by atoms with Gasteiger partial charge in [0.1, 0.15) is 42.2 Å². The van der Waals surface area contributed by atoms with Gasteiger partial charge in [-0.3, -0.25) is 4.79 Å². The fourth-order valence-corrected chi connectivity index (χ4v) is 4.00. The second-order valence-corrected chi connectivity index (χ2v) is 9.29. The van der Waals surface area contributed by atoms with Gasteiger partial charge in [-0.1, -0.05) is 25.2 Å². The molecule has 1 aromatic carbocycles. The zero-order valence-electron chi connectivity index (χ0n) is 22.3. The lowest BCUT2D eigenvalue weighted by Crippen LogP contribution is -2.40. The van der Waals surface area contributed by atoms with Crippen LogP contribution in [-0.4, -0.2) is 76.9 Å². The number of cyclic esters (lactones) is 1. The van der Waals surface area contributed by atoms with Gasteiger partial charge in [-0.2, -0.15) is 0 Å². The highest BCUT2D eigenvalue weighted by atomic mass is 16.8. The third-order valence-corrected chi connectivity index (χ3v) is 6.05. The quantitative estimate of drug-likeness (QED) is 0.391. The van der Waals surface area contributed by atoms with Gasteiger partial charge in [-0.25, -0.2) is 4.79 Å². The number of methoxy groups -OCH3 is 3. The first-order valence-corrected chi connectivity index (χ1v) is 12.0. The molecule has 1 fully saturated rings. The van der Waals surface area contributed by atoms with Crippen molar-refractivity contribution in [2.75, 3.05) is 34.9 Å². The molecule has 2 aliphatic heterocycles. The van der Waals surface area contributed by atoms with Crippen LogP contribution in [0.4, 0.5) is 0 Å². The van der Waals surface area contributed by atoms with Crippen molar-refractivity contribution in [3.8, 4) is 11.5 Å². The molecule has 0 saturated carbocycles. The molecule has 10 heteroatoms. The maximum Gasteiger partial charge on any atom is 0.342 e. The Morgan fingerprint density at radius 1 is 0.946 bits per heavy atom. The Hall–Kier alpha value is -2.76. The average Bonchev–Trinajstić information content (AvgIpc) is 3.19. The molecule has 1 saturated heterocycles. The van der Waals surface area contributed by atoms with E-state index in [0.717, 1.165) is 0 Å². The molecule has 1 unspecified atom stereocenters. The van der Waals surface area contributed by atoms with Crippen molar-refractivity contribution in [2.45, 2.75) is 57.9 Å². The van der Waals surface area contributed by atoms with Gasteiger partial charge in [0.15, 0.2) is 24.5 Å². The minimum atomic E-state index is -1.02. The van der Waals surface area contributed by atoms with Crippen LogP contribution < -0.4 is 9.47 Å². The fourth-order valence-electron chi connectivity index (χ4n) is 4.00. The highest BCUT2D eigenvalue weighted by molar-refractivity contribution is 5.97. The first-order valence-electron chi connectivity index (χ1n) is 12.0. The molecule has 2 heterocycles. The molecule has 1 aromatic rings. The topological polar surface area (TPSA) is 108 Å². The van der Waals surface area contributed by atoms with Crippen LogP contribution in [0.3, 0.4) is 0 Å². The molecular formula is C27H36O10. The lowest BCUT2D eigenvalue weighted by Gasteiger charge is -2.24. The first kappa shape index (κ1) is 28.8. The lowest BCUT2D eigenvalue weighted by molar-refractivity contribution is -0.164. The molecule has 5 atom stereocenters. The highest BCUT2D eigenvalue weighted by Gasteiger charge is 2.48. The number of hydrogen-bond donors (Lipinski definition) is 0. The smallest absolute Gasteiger partial charge is 0.342 e. The molecule has 37 heavy (non-hydrogen) atoms. The molecule has 0 aliphatic carbocycles. The summed E-state index contributed by atoms with van der Waals surface area (Å²) in [6.45, 7) is 6.93. The lowest BCUT2D eigenvalue weighted by atomic mass is 9.98. The normalized spacial score (nSPS) is 29.4. The van der Waals surface area contributed by atoms with E-state index in [9.17, 15) is 9.59 Å². The van der Waals surface area contributed by atoms with E-state index in [1.807, 2.05) is 6.92 Å². The van der Waals surface area contributed by atoms with E-state index >= 15 is 0 Å². The van der Waals surface area contributed by atoms with Gasteiger partial charge in [0.25, 0.3) is 0 Å². The van der Waals surface area contributed by atoms with Gasteiger partial charge in [0.05, 0.1) is 7.11 Å². The number of fused-ring (bicyclic) bond motifs is 2. The van der Waals surface area contributed by atoms with Gasteiger partial charge in [-0.15, -0.1) is 0 Å². The number of rotatable bonds is 7. The van der Waals surface area contributed by atoms with Gasteiger partial charge in [0.2, 0.25) is 0 Å².